The van der Waals surface area contributed by atoms with Gasteiger partial charge in [-0.05, 0) is 0 Å². The van der Waals surface area contributed by atoms with Gasteiger partial charge in [0.05, 0.1) is 30.5 Å². The van der Waals surface area contributed by atoms with Gasteiger partial charge in [0.25, 0.3) is 5.91 Å². The molecule has 78 valence electrons. The van der Waals surface area contributed by atoms with Crippen molar-refractivity contribution in [1.82, 2.24) is 25.5 Å². The van der Waals surface area contributed by atoms with Gasteiger partial charge in [-0.15, -0.1) is 0 Å². The number of rotatable bonds is 3. The number of carbonyl (C=O) groups excluding carboxylic acids is 1. The second kappa shape index (κ2) is 3.82. The Balaban J connectivity index is 1.96. The molecule has 7 nitrogen and oxygen atoms in total. The molecular weight excluding hydrogens is 196 g/mol. The Labute approximate surface area is 85.1 Å². The lowest BCUT2D eigenvalue weighted by Gasteiger charge is -2.01. The van der Waals surface area contributed by atoms with Gasteiger partial charge in [-0.25, -0.2) is 4.98 Å². The molecule has 0 atom stereocenters. The average molecular weight is 206 g/mol. The van der Waals surface area contributed by atoms with Crippen LogP contribution in [0, 0.1) is 0 Å². The van der Waals surface area contributed by atoms with Gasteiger partial charge in [0.1, 0.15) is 5.69 Å². The number of aromatic amines is 2. The third-order valence-electron chi connectivity index (χ3n) is 1.89. The van der Waals surface area contributed by atoms with Gasteiger partial charge in [-0.1, -0.05) is 0 Å². The fraction of sp³-hybridized carbons (Fsp3) is 0.125. The minimum Gasteiger partial charge on any atom is -0.396 e. The van der Waals surface area contributed by atoms with Gasteiger partial charge in [0, 0.05) is 6.20 Å². The molecule has 0 saturated carbocycles. The van der Waals surface area contributed by atoms with E-state index in [9.17, 15) is 4.79 Å². The number of hydrogen-bond donors (Lipinski definition) is 4. The van der Waals surface area contributed by atoms with E-state index in [1.165, 1.54) is 6.20 Å². The Bertz CT molecular complexity index is 445. The zero-order valence-electron chi connectivity index (χ0n) is 7.82. The number of nitrogens with one attached hydrogen (secondary N) is 3. The van der Waals surface area contributed by atoms with E-state index in [0.717, 1.165) is 5.69 Å². The number of nitrogens with two attached hydrogens (primary N) is 1. The predicted molar refractivity (Wildman–Crippen MR) is 52.8 cm³/mol. The van der Waals surface area contributed by atoms with E-state index >= 15 is 0 Å². The maximum atomic E-state index is 11.5. The molecule has 0 aliphatic rings. The third kappa shape index (κ3) is 1.96. The molecule has 0 fully saturated rings. The average Bonchev–Trinajstić information content (AvgIpc) is 2.84. The van der Waals surface area contributed by atoms with Crippen LogP contribution in [0.15, 0.2) is 18.7 Å². The molecule has 0 spiro atoms. The van der Waals surface area contributed by atoms with Crippen LogP contribution in [-0.2, 0) is 6.54 Å². The number of H-pyrrole nitrogens is 2. The third-order valence-corrected chi connectivity index (χ3v) is 1.89. The van der Waals surface area contributed by atoms with Crippen molar-refractivity contribution in [3.63, 3.8) is 0 Å². The number of imidazole rings is 1. The zero-order chi connectivity index (χ0) is 10.7. The number of amides is 1. The normalized spacial score (nSPS) is 10.1. The fourth-order valence-corrected chi connectivity index (χ4v) is 1.12. The molecule has 7 heteroatoms. The number of carbonyl (C=O) groups is 1. The largest absolute Gasteiger partial charge is 0.396 e. The first-order valence-electron chi connectivity index (χ1n) is 4.31. The molecule has 2 rings (SSSR count). The summed E-state index contributed by atoms with van der Waals surface area (Å²) in [5.41, 5.74) is 6.94. The van der Waals surface area contributed by atoms with E-state index < -0.39 is 0 Å². The number of anilines is 1. The molecule has 0 unspecified atom stereocenters. The molecular formula is C8H10N6O. The van der Waals surface area contributed by atoms with E-state index in [2.05, 4.69) is 25.5 Å². The topological polar surface area (TPSA) is 112 Å². The summed E-state index contributed by atoms with van der Waals surface area (Å²) < 4.78 is 0. The van der Waals surface area contributed by atoms with Gasteiger partial charge in [-0.3, -0.25) is 9.89 Å². The summed E-state index contributed by atoms with van der Waals surface area (Å²) in [7, 11) is 0. The van der Waals surface area contributed by atoms with Crippen molar-refractivity contribution < 1.29 is 4.79 Å². The van der Waals surface area contributed by atoms with Crippen LogP contribution in [0.25, 0.3) is 0 Å². The molecule has 5 N–H and O–H groups in total. The molecule has 1 amide bonds. The van der Waals surface area contributed by atoms with E-state index in [4.69, 9.17) is 5.73 Å². The lowest BCUT2D eigenvalue weighted by Crippen LogP contribution is -2.24. The van der Waals surface area contributed by atoms with Crippen LogP contribution in [-0.4, -0.2) is 26.1 Å². The summed E-state index contributed by atoms with van der Waals surface area (Å²) in [4.78, 5) is 18.2. The highest BCUT2D eigenvalue weighted by molar-refractivity contribution is 5.96. The van der Waals surface area contributed by atoms with Gasteiger partial charge < -0.3 is 16.0 Å². The van der Waals surface area contributed by atoms with Crippen LogP contribution in [0.1, 0.15) is 16.2 Å². The van der Waals surface area contributed by atoms with Crippen LogP contribution < -0.4 is 11.1 Å². The van der Waals surface area contributed by atoms with Gasteiger partial charge in [0.15, 0.2) is 0 Å². The summed E-state index contributed by atoms with van der Waals surface area (Å²) in [5.74, 6) is -0.292. The molecule has 0 radical (unpaired) electrons. The molecule has 0 aliphatic carbocycles. The van der Waals surface area contributed by atoms with Crippen molar-refractivity contribution in [3.8, 4) is 0 Å². The van der Waals surface area contributed by atoms with E-state index in [0.29, 0.717) is 12.2 Å². The van der Waals surface area contributed by atoms with Gasteiger partial charge in [0.2, 0.25) is 0 Å². The number of hydrogen-bond acceptors (Lipinski definition) is 4. The maximum Gasteiger partial charge on any atom is 0.271 e. The van der Waals surface area contributed by atoms with Crippen molar-refractivity contribution in [2.75, 3.05) is 5.73 Å². The molecule has 2 heterocycles. The van der Waals surface area contributed by atoms with Crippen molar-refractivity contribution >= 4 is 11.6 Å². The standard InChI is InChI=1S/C8H10N6O/c9-6-3-13-14-7(6)8(15)11-2-5-1-10-4-12-5/h1,3-4H,2,9H2,(H,10,12)(H,11,15)(H,13,14). The van der Waals surface area contributed by atoms with E-state index in [-0.39, 0.29) is 11.6 Å². The monoisotopic (exact) mass is 206 g/mol. The number of aromatic nitrogens is 4. The highest BCUT2D eigenvalue weighted by Gasteiger charge is 2.10. The summed E-state index contributed by atoms with van der Waals surface area (Å²) >= 11 is 0. The van der Waals surface area contributed by atoms with Crippen LogP contribution >= 0.6 is 0 Å². The van der Waals surface area contributed by atoms with Crippen LogP contribution in [0.3, 0.4) is 0 Å². The van der Waals surface area contributed by atoms with Crippen molar-refractivity contribution in [2.24, 2.45) is 0 Å². The molecule has 0 bridgehead atoms. The maximum absolute atomic E-state index is 11.5. The molecule has 0 aliphatic heterocycles. The first-order valence-corrected chi connectivity index (χ1v) is 4.31. The molecule has 0 saturated heterocycles. The second-order valence-electron chi connectivity index (χ2n) is 2.96. The number of nitrogen functional groups attached to an aromatic ring is 1. The number of nitrogens with zero attached hydrogens (tertiary/aromatic N) is 2. The van der Waals surface area contributed by atoms with Crippen molar-refractivity contribution in [3.05, 3.63) is 30.1 Å². The summed E-state index contributed by atoms with van der Waals surface area (Å²) in [6.07, 6.45) is 4.58. The molecule has 0 aromatic carbocycles. The highest BCUT2D eigenvalue weighted by atomic mass is 16.1. The van der Waals surface area contributed by atoms with Gasteiger partial charge in [-0.2, -0.15) is 5.10 Å². The summed E-state index contributed by atoms with van der Waals surface area (Å²) in [6, 6.07) is 0. The van der Waals surface area contributed by atoms with E-state index in [1.54, 1.807) is 12.5 Å². The van der Waals surface area contributed by atoms with Crippen LogP contribution in [0.5, 0.6) is 0 Å². The molecule has 15 heavy (non-hydrogen) atoms. The lowest BCUT2D eigenvalue weighted by molar-refractivity contribution is 0.0946. The quantitative estimate of drug-likeness (QED) is 0.549. The summed E-state index contributed by atoms with van der Waals surface area (Å²) in [5, 5.41) is 8.85. The smallest absolute Gasteiger partial charge is 0.271 e. The Kier molecular flexibility index (Phi) is 2.36. The minimum atomic E-state index is -0.292. The van der Waals surface area contributed by atoms with Gasteiger partial charge >= 0.3 is 0 Å². The second-order valence-corrected chi connectivity index (χ2v) is 2.96. The van der Waals surface area contributed by atoms with Crippen LogP contribution in [0.2, 0.25) is 0 Å². The predicted octanol–water partition coefficient (Wildman–Crippen LogP) is -0.355. The summed E-state index contributed by atoms with van der Waals surface area (Å²) in [6.45, 7) is 0.372. The first-order chi connectivity index (χ1) is 7.27. The Morgan fingerprint density at radius 3 is 3.00 bits per heavy atom. The van der Waals surface area contributed by atoms with E-state index in [1.807, 2.05) is 0 Å². The molecule has 2 aromatic heterocycles. The first kappa shape index (κ1) is 9.25. The van der Waals surface area contributed by atoms with Crippen LogP contribution in [0.4, 0.5) is 5.69 Å². The van der Waals surface area contributed by atoms with Crippen molar-refractivity contribution in [1.29, 1.82) is 0 Å². The lowest BCUT2D eigenvalue weighted by atomic mass is 10.3. The zero-order valence-corrected chi connectivity index (χ0v) is 7.82. The fourth-order valence-electron chi connectivity index (χ4n) is 1.12. The highest BCUT2D eigenvalue weighted by Crippen LogP contribution is 2.05. The minimum absolute atomic E-state index is 0.273. The Hall–Kier alpha value is -2.31. The molecule has 2 aromatic rings. The van der Waals surface area contributed by atoms with Crippen molar-refractivity contribution in [2.45, 2.75) is 6.54 Å². The SMILES string of the molecule is Nc1cn[nH]c1C(=O)NCc1cnc[nH]1. The Morgan fingerprint density at radius 1 is 1.53 bits per heavy atom. The Morgan fingerprint density at radius 2 is 2.40 bits per heavy atom.